The SMILES string of the molecule is Cc1cc(N(C)C(C)c2ccccc2Cl)ncc1N. The van der Waals surface area contributed by atoms with Gasteiger partial charge in [0.05, 0.1) is 17.9 Å². The van der Waals surface area contributed by atoms with Gasteiger partial charge in [-0.3, -0.25) is 0 Å². The van der Waals surface area contributed by atoms with Crippen LogP contribution in [0.25, 0.3) is 0 Å². The van der Waals surface area contributed by atoms with Crippen molar-refractivity contribution in [1.29, 1.82) is 0 Å². The quantitative estimate of drug-likeness (QED) is 0.926. The highest BCUT2D eigenvalue weighted by atomic mass is 35.5. The Kier molecular flexibility index (Phi) is 3.96. The Labute approximate surface area is 119 Å². The summed E-state index contributed by atoms with van der Waals surface area (Å²) in [6, 6.07) is 10.0. The topological polar surface area (TPSA) is 42.2 Å². The molecule has 100 valence electrons. The van der Waals surface area contributed by atoms with Gasteiger partial charge in [-0.05, 0) is 37.1 Å². The second kappa shape index (κ2) is 5.49. The fourth-order valence-electron chi connectivity index (χ4n) is 1.97. The maximum absolute atomic E-state index is 6.24. The van der Waals surface area contributed by atoms with E-state index in [0.717, 1.165) is 22.0 Å². The highest BCUT2D eigenvalue weighted by Gasteiger charge is 2.16. The molecule has 0 saturated carbocycles. The zero-order valence-corrected chi connectivity index (χ0v) is 12.1. The molecule has 0 bridgehead atoms. The molecule has 0 spiro atoms. The Morgan fingerprint density at radius 2 is 2.00 bits per heavy atom. The first-order valence-electron chi connectivity index (χ1n) is 6.20. The lowest BCUT2D eigenvalue weighted by Crippen LogP contribution is -2.23. The van der Waals surface area contributed by atoms with Crippen molar-refractivity contribution in [1.82, 2.24) is 4.98 Å². The second-order valence-electron chi connectivity index (χ2n) is 4.71. The van der Waals surface area contributed by atoms with Gasteiger partial charge in [0.2, 0.25) is 0 Å². The van der Waals surface area contributed by atoms with Gasteiger partial charge in [-0.1, -0.05) is 29.8 Å². The van der Waals surface area contributed by atoms with E-state index < -0.39 is 0 Å². The monoisotopic (exact) mass is 275 g/mol. The molecule has 3 nitrogen and oxygen atoms in total. The summed E-state index contributed by atoms with van der Waals surface area (Å²) in [5.74, 6) is 0.888. The summed E-state index contributed by atoms with van der Waals surface area (Å²) in [4.78, 5) is 6.46. The first kappa shape index (κ1) is 13.7. The summed E-state index contributed by atoms with van der Waals surface area (Å²) in [5, 5.41) is 0.772. The lowest BCUT2D eigenvalue weighted by atomic mass is 10.1. The second-order valence-corrected chi connectivity index (χ2v) is 5.11. The smallest absolute Gasteiger partial charge is 0.129 e. The number of benzene rings is 1. The fraction of sp³-hybridized carbons (Fsp3) is 0.267. The van der Waals surface area contributed by atoms with Gasteiger partial charge < -0.3 is 10.6 Å². The third-order valence-electron chi connectivity index (χ3n) is 3.43. The Hall–Kier alpha value is -1.74. The van der Waals surface area contributed by atoms with Crippen LogP contribution in [0, 0.1) is 6.92 Å². The van der Waals surface area contributed by atoms with Crippen LogP contribution in [0.5, 0.6) is 0 Å². The number of nitrogen functional groups attached to an aromatic ring is 1. The van der Waals surface area contributed by atoms with Crippen LogP contribution in [0.15, 0.2) is 36.5 Å². The minimum atomic E-state index is 0.143. The normalized spacial score (nSPS) is 12.2. The van der Waals surface area contributed by atoms with E-state index in [1.807, 2.05) is 44.3 Å². The van der Waals surface area contributed by atoms with Crippen LogP contribution in [0.1, 0.15) is 24.1 Å². The van der Waals surface area contributed by atoms with Crippen molar-refractivity contribution in [3.8, 4) is 0 Å². The summed E-state index contributed by atoms with van der Waals surface area (Å²) >= 11 is 6.24. The molecular weight excluding hydrogens is 258 g/mol. The first-order valence-corrected chi connectivity index (χ1v) is 6.58. The number of aromatic nitrogens is 1. The fourth-order valence-corrected chi connectivity index (χ4v) is 2.26. The van der Waals surface area contributed by atoms with Gasteiger partial charge in [-0.25, -0.2) is 4.98 Å². The van der Waals surface area contributed by atoms with E-state index in [0.29, 0.717) is 5.69 Å². The summed E-state index contributed by atoms with van der Waals surface area (Å²) in [6.45, 7) is 4.09. The maximum atomic E-state index is 6.24. The van der Waals surface area contributed by atoms with Crippen molar-refractivity contribution in [2.75, 3.05) is 17.7 Å². The van der Waals surface area contributed by atoms with Crippen LogP contribution in [0.2, 0.25) is 5.02 Å². The molecular formula is C15H18ClN3. The Morgan fingerprint density at radius 1 is 1.32 bits per heavy atom. The van der Waals surface area contributed by atoms with Crippen molar-refractivity contribution in [3.63, 3.8) is 0 Å². The number of hydrogen-bond acceptors (Lipinski definition) is 3. The van der Waals surface area contributed by atoms with Crippen LogP contribution >= 0.6 is 11.6 Å². The van der Waals surface area contributed by atoms with Gasteiger partial charge in [0.1, 0.15) is 5.82 Å². The highest BCUT2D eigenvalue weighted by Crippen LogP contribution is 2.29. The summed E-state index contributed by atoms with van der Waals surface area (Å²) in [5.41, 5.74) is 8.63. The number of hydrogen-bond donors (Lipinski definition) is 1. The molecule has 1 heterocycles. The average molecular weight is 276 g/mol. The molecule has 0 fully saturated rings. The van der Waals surface area contributed by atoms with E-state index in [2.05, 4.69) is 16.8 Å². The van der Waals surface area contributed by atoms with Gasteiger partial charge in [-0.2, -0.15) is 0 Å². The number of rotatable bonds is 3. The number of anilines is 2. The van der Waals surface area contributed by atoms with Crippen LogP contribution in [-0.2, 0) is 0 Å². The molecule has 1 aromatic carbocycles. The molecule has 0 aliphatic carbocycles. The summed E-state index contributed by atoms with van der Waals surface area (Å²) in [6.07, 6.45) is 1.69. The summed E-state index contributed by atoms with van der Waals surface area (Å²) in [7, 11) is 2.01. The van der Waals surface area contributed by atoms with Gasteiger partial charge >= 0.3 is 0 Å². The molecule has 2 aromatic rings. The average Bonchev–Trinajstić information content (AvgIpc) is 2.41. The predicted molar refractivity (Wildman–Crippen MR) is 81.7 cm³/mol. The molecule has 2 N–H and O–H groups in total. The Balaban J connectivity index is 2.31. The van der Waals surface area contributed by atoms with E-state index in [4.69, 9.17) is 17.3 Å². The lowest BCUT2D eigenvalue weighted by Gasteiger charge is -2.27. The highest BCUT2D eigenvalue weighted by molar-refractivity contribution is 6.31. The molecule has 4 heteroatoms. The van der Waals surface area contributed by atoms with Crippen LogP contribution < -0.4 is 10.6 Å². The maximum Gasteiger partial charge on any atom is 0.129 e. The van der Waals surface area contributed by atoms with E-state index in [1.165, 1.54) is 0 Å². The van der Waals surface area contributed by atoms with E-state index in [1.54, 1.807) is 6.20 Å². The molecule has 0 amide bonds. The van der Waals surface area contributed by atoms with Crippen molar-refractivity contribution in [3.05, 3.63) is 52.7 Å². The Morgan fingerprint density at radius 3 is 2.63 bits per heavy atom. The molecule has 1 atom stereocenters. The number of nitrogens with two attached hydrogens (primary N) is 1. The molecule has 0 radical (unpaired) electrons. The predicted octanol–water partition coefficient (Wildman–Crippen LogP) is 3.82. The number of halogens is 1. The van der Waals surface area contributed by atoms with Crippen molar-refractivity contribution in [2.45, 2.75) is 19.9 Å². The molecule has 1 aromatic heterocycles. The lowest BCUT2D eigenvalue weighted by molar-refractivity contribution is 0.729. The minimum absolute atomic E-state index is 0.143. The third-order valence-corrected chi connectivity index (χ3v) is 3.78. The molecule has 19 heavy (non-hydrogen) atoms. The first-order chi connectivity index (χ1) is 9.00. The van der Waals surface area contributed by atoms with Crippen molar-refractivity contribution in [2.24, 2.45) is 0 Å². The number of nitrogens with zero attached hydrogens (tertiary/aromatic N) is 2. The van der Waals surface area contributed by atoms with Crippen molar-refractivity contribution < 1.29 is 0 Å². The molecule has 0 aliphatic rings. The standard InChI is InChI=1S/C15H18ClN3/c1-10-8-15(18-9-14(10)17)19(3)11(2)12-6-4-5-7-13(12)16/h4-9,11H,17H2,1-3H3. The zero-order chi connectivity index (χ0) is 14.0. The Bertz CT molecular complexity index is 583. The summed E-state index contributed by atoms with van der Waals surface area (Å²) < 4.78 is 0. The van der Waals surface area contributed by atoms with Gasteiger partial charge in [0.15, 0.2) is 0 Å². The van der Waals surface area contributed by atoms with E-state index in [-0.39, 0.29) is 6.04 Å². The van der Waals surface area contributed by atoms with E-state index >= 15 is 0 Å². The van der Waals surface area contributed by atoms with Crippen molar-refractivity contribution >= 4 is 23.1 Å². The molecule has 0 aliphatic heterocycles. The molecule has 1 unspecified atom stereocenters. The number of aryl methyl sites for hydroxylation is 1. The third kappa shape index (κ3) is 2.82. The number of pyridine rings is 1. The van der Waals surface area contributed by atoms with Gasteiger partial charge in [-0.15, -0.1) is 0 Å². The van der Waals surface area contributed by atoms with Crippen LogP contribution in [0.4, 0.5) is 11.5 Å². The zero-order valence-electron chi connectivity index (χ0n) is 11.4. The largest absolute Gasteiger partial charge is 0.397 e. The minimum Gasteiger partial charge on any atom is -0.397 e. The van der Waals surface area contributed by atoms with E-state index in [9.17, 15) is 0 Å². The van der Waals surface area contributed by atoms with Crippen LogP contribution in [0.3, 0.4) is 0 Å². The van der Waals surface area contributed by atoms with Gasteiger partial charge in [0, 0.05) is 12.1 Å². The van der Waals surface area contributed by atoms with Crippen LogP contribution in [-0.4, -0.2) is 12.0 Å². The van der Waals surface area contributed by atoms with Gasteiger partial charge in [0.25, 0.3) is 0 Å². The molecule has 2 rings (SSSR count). The molecule has 0 saturated heterocycles.